The summed E-state index contributed by atoms with van der Waals surface area (Å²) in [6.45, 7) is 7.54. The van der Waals surface area contributed by atoms with Gasteiger partial charge < -0.3 is 10.2 Å². The quantitative estimate of drug-likeness (QED) is 0.918. The van der Waals surface area contributed by atoms with Gasteiger partial charge in [-0.05, 0) is 43.0 Å². The Kier molecular flexibility index (Phi) is 4.91. The highest BCUT2D eigenvalue weighted by Crippen LogP contribution is 2.27. The Morgan fingerprint density at radius 3 is 2.40 bits per heavy atom. The van der Waals surface area contributed by atoms with E-state index >= 15 is 0 Å². The van der Waals surface area contributed by atoms with Gasteiger partial charge >= 0.3 is 0 Å². The lowest BCUT2D eigenvalue weighted by atomic mass is 9.88. The van der Waals surface area contributed by atoms with Crippen LogP contribution in [0.25, 0.3) is 0 Å². The van der Waals surface area contributed by atoms with Crippen molar-refractivity contribution >= 4 is 17.3 Å². The van der Waals surface area contributed by atoms with Crippen molar-refractivity contribution in [2.24, 2.45) is 5.92 Å². The molecule has 0 aliphatic carbocycles. The standard InChI is InChI=1S/C16H22ClN3/c1-13(2)11-20-9-7-16(12-18,8-10-20)19-15-5-3-14(17)4-6-15/h3-6,13,19H,7-11H2,1-2H3. The molecule has 0 saturated carbocycles. The van der Waals surface area contributed by atoms with Gasteiger partial charge in [-0.3, -0.25) is 0 Å². The smallest absolute Gasteiger partial charge is 0.127 e. The lowest BCUT2D eigenvalue weighted by Crippen LogP contribution is -2.49. The second-order valence-electron chi connectivity index (χ2n) is 6.02. The number of anilines is 1. The van der Waals surface area contributed by atoms with E-state index in [1.54, 1.807) is 0 Å². The minimum Gasteiger partial charge on any atom is -0.367 e. The summed E-state index contributed by atoms with van der Waals surface area (Å²) >= 11 is 5.89. The van der Waals surface area contributed by atoms with Crippen LogP contribution in [0.15, 0.2) is 24.3 Å². The van der Waals surface area contributed by atoms with Crippen LogP contribution in [-0.2, 0) is 0 Å². The summed E-state index contributed by atoms with van der Waals surface area (Å²) < 4.78 is 0. The summed E-state index contributed by atoms with van der Waals surface area (Å²) in [6.07, 6.45) is 1.72. The third-order valence-electron chi connectivity index (χ3n) is 3.77. The molecule has 0 atom stereocenters. The fourth-order valence-electron chi connectivity index (χ4n) is 2.71. The molecule has 2 rings (SSSR count). The molecule has 1 saturated heterocycles. The molecular weight excluding hydrogens is 270 g/mol. The van der Waals surface area contributed by atoms with Crippen molar-refractivity contribution in [2.45, 2.75) is 32.2 Å². The Bertz CT molecular complexity index is 467. The Hall–Kier alpha value is -1.24. The average molecular weight is 292 g/mol. The van der Waals surface area contributed by atoms with Crippen LogP contribution in [0.3, 0.4) is 0 Å². The molecule has 0 unspecified atom stereocenters. The van der Waals surface area contributed by atoms with Gasteiger partial charge in [0.25, 0.3) is 0 Å². The summed E-state index contributed by atoms with van der Waals surface area (Å²) in [4.78, 5) is 2.45. The zero-order valence-electron chi connectivity index (χ0n) is 12.2. The molecule has 0 bridgehead atoms. The van der Waals surface area contributed by atoms with Gasteiger partial charge in [-0.2, -0.15) is 5.26 Å². The summed E-state index contributed by atoms with van der Waals surface area (Å²) in [5.41, 5.74) is 0.523. The van der Waals surface area contributed by atoms with Crippen molar-refractivity contribution in [1.82, 2.24) is 4.90 Å². The molecule has 0 aromatic heterocycles. The van der Waals surface area contributed by atoms with Gasteiger partial charge in [0.1, 0.15) is 5.54 Å². The van der Waals surface area contributed by atoms with Crippen LogP contribution in [0.2, 0.25) is 5.02 Å². The maximum Gasteiger partial charge on any atom is 0.127 e. The van der Waals surface area contributed by atoms with Gasteiger partial charge in [-0.15, -0.1) is 0 Å². The molecular formula is C16H22ClN3. The van der Waals surface area contributed by atoms with Gasteiger partial charge in [0, 0.05) is 30.3 Å². The first-order valence-electron chi connectivity index (χ1n) is 7.20. The van der Waals surface area contributed by atoms with Gasteiger partial charge in [-0.1, -0.05) is 25.4 Å². The molecule has 1 aliphatic rings. The van der Waals surface area contributed by atoms with Crippen LogP contribution in [0.5, 0.6) is 0 Å². The third-order valence-corrected chi connectivity index (χ3v) is 4.03. The van der Waals surface area contributed by atoms with E-state index in [2.05, 4.69) is 30.1 Å². The maximum absolute atomic E-state index is 9.57. The number of hydrogen-bond donors (Lipinski definition) is 1. The summed E-state index contributed by atoms with van der Waals surface area (Å²) in [5.74, 6) is 0.675. The van der Waals surface area contributed by atoms with Crippen molar-refractivity contribution in [2.75, 3.05) is 25.0 Å². The van der Waals surface area contributed by atoms with Crippen molar-refractivity contribution in [3.8, 4) is 6.07 Å². The first-order valence-corrected chi connectivity index (χ1v) is 7.58. The molecule has 108 valence electrons. The molecule has 3 nitrogen and oxygen atoms in total. The highest BCUT2D eigenvalue weighted by Gasteiger charge is 2.34. The van der Waals surface area contributed by atoms with E-state index in [0.29, 0.717) is 10.9 Å². The van der Waals surface area contributed by atoms with Crippen molar-refractivity contribution in [3.05, 3.63) is 29.3 Å². The minimum atomic E-state index is -0.443. The Balaban J connectivity index is 1.98. The van der Waals surface area contributed by atoms with Gasteiger partial charge in [0.05, 0.1) is 6.07 Å². The molecule has 4 heteroatoms. The largest absolute Gasteiger partial charge is 0.367 e. The Labute approximate surface area is 126 Å². The van der Waals surface area contributed by atoms with Gasteiger partial charge in [0.15, 0.2) is 0 Å². The molecule has 1 fully saturated rings. The van der Waals surface area contributed by atoms with Crippen LogP contribution in [0.1, 0.15) is 26.7 Å². The summed E-state index contributed by atoms with van der Waals surface area (Å²) in [5, 5.41) is 13.7. The van der Waals surface area contributed by atoms with Crippen molar-refractivity contribution in [1.29, 1.82) is 5.26 Å². The molecule has 0 spiro atoms. The first-order chi connectivity index (χ1) is 9.53. The normalized spacial score (nSPS) is 18.8. The predicted molar refractivity (Wildman–Crippen MR) is 83.9 cm³/mol. The van der Waals surface area contributed by atoms with E-state index in [9.17, 15) is 5.26 Å². The van der Waals surface area contributed by atoms with Crippen LogP contribution in [0, 0.1) is 17.2 Å². The maximum atomic E-state index is 9.57. The molecule has 1 N–H and O–H groups in total. The zero-order chi connectivity index (χ0) is 14.6. The average Bonchev–Trinajstić information content (AvgIpc) is 2.43. The van der Waals surface area contributed by atoms with Gasteiger partial charge in [-0.25, -0.2) is 0 Å². The highest BCUT2D eigenvalue weighted by molar-refractivity contribution is 6.30. The van der Waals surface area contributed by atoms with E-state index in [0.717, 1.165) is 38.2 Å². The number of benzene rings is 1. The number of likely N-dealkylation sites (tertiary alicyclic amines) is 1. The fraction of sp³-hybridized carbons (Fsp3) is 0.562. The van der Waals surface area contributed by atoms with Crippen molar-refractivity contribution in [3.63, 3.8) is 0 Å². The molecule has 20 heavy (non-hydrogen) atoms. The molecule has 0 amide bonds. The fourth-order valence-corrected chi connectivity index (χ4v) is 2.83. The Morgan fingerprint density at radius 1 is 1.30 bits per heavy atom. The van der Waals surface area contributed by atoms with E-state index in [1.807, 2.05) is 24.3 Å². The SMILES string of the molecule is CC(C)CN1CCC(C#N)(Nc2ccc(Cl)cc2)CC1. The van der Waals surface area contributed by atoms with E-state index < -0.39 is 5.54 Å². The number of rotatable bonds is 4. The van der Waals surface area contributed by atoms with Gasteiger partial charge in [0.2, 0.25) is 0 Å². The summed E-state index contributed by atoms with van der Waals surface area (Å²) in [7, 11) is 0. The number of piperidine rings is 1. The second kappa shape index (κ2) is 6.47. The minimum absolute atomic E-state index is 0.443. The Morgan fingerprint density at radius 2 is 1.90 bits per heavy atom. The monoisotopic (exact) mass is 291 g/mol. The number of nitriles is 1. The van der Waals surface area contributed by atoms with Crippen LogP contribution < -0.4 is 5.32 Å². The van der Waals surface area contributed by atoms with E-state index in [-0.39, 0.29) is 0 Å². The van der Waals surface area contributed by atoms with Crippen molar-refractivity contribution < 1.29 is 0 Å². The number of halogens is 1. The lowest BCUT2D eigenvalue weighted by molar-refractivity contribution is 0.179. The third kappa shape index (κ3) is 3.88. The topological polar surface area (TPSA) is 39.1 Å². The number of nitrogens with one attached hydrogen (secondary N) is 1. The summed E-state index contributed by atoms with van der Waals surface area (Å²) in [6, 6.07) is 10.0. The van der Waals surface area contributed by atoms with E-state index in [1.165, 1.54) is 0 Å². The molecule has 1 aliphatic heterocycles. The molecule has 1 aromatic rings. The molecule has 1 heterocycles. The van der Waals surface area contributed by atoms with Crippen LogP contribution in [-0.4, -0.2) is 30.1 Å². The highest BCUT2D eigenvalue weighted by atomic mass is 35.5. The predicted octanol–water partition coefficient (Wildman–Crippen LogP) is 3.77. The molecule has 1 aromatic carbocycles. The van der Waals surface area contributed by atoms with E-state index in [4.69, 9.17) is 11.6 Å². The number of hydrogen-bond acceptors (Lipinski definition) is 3. The lowest BCUT2D eigenvalue weighted by Gasteiger charge is -2.39. The second-order valence-corrected chi connectivity index (χ2v) is 6.46. The molecule has 0 radical (unpaired) electrons. The van der Waals surface area contributed by atoms with Crippen LogP contribution in [0.4, 0.5) is 5.69 Å². The first kappa shape index (κ1) is 15.2. The van der Waals surface area contributed by atoms with Crippen LogP contribution >= 0.6 is 11.6 Å². The zero-order valence-corrected chi connectivity index (χ0v) is 13.0. The number of nitrogens with zero attached hydrogens (tertiary/aromatic N) is 2.